The summed E-state index contributed by atoms with van der Waals surface area (Å²) >= 11 is 7.55. The van der Waals surface area contributed by atoms with Crippen LogP contribution in [0, 0.1) is 0 Å². The minimum absolute atomic E-state index is 0.531. The highest BCUT2D eigenvalue weighted by Crippen LogP contribution is 2.32. The highest BCUT2D eigenvalue weighted by Gasteiger charge is 2.05. The zero-order valence-electron chi connectivity index (χ0n) is 8.22. The fourth-order valence-electron chi connectivity index (χ4n) is 1.55. The van der Waals surface area contributed by atoms with Crippen LogP contribution in [0.5, 0.6) is 0 Å². The van der Waals surface area contributed by atoms with E-state index in [2.05, 4.69) is 9.97 Å². The van der Waals surface area contributed by atoms with Gasteiger partial charge in [-0.3, -0.25) is 4.98 Å². The molecule has 0 unspecified atom stereocenters. The maximum absolute atomic E-state index is 5.86. The molecule has 0 aliphatic carbocycles. The van der Waals surface area contributed by atoms with E-state index in [-0.39, 0.29) is 0 Å². The zero-order chi connectivity index (χ0) is 11.0. The maximum atomic E-state index is 5.86. The summed E-state index contributed by atoms with van der Waals surface area (Å²) in [4.78, 5) is 9.55. The molecule has 0 aliphatic heterocycles. The molecule has 0 spiro atoms. The Kier molecular flexibility index (Phi) is 2.35. The zero-order valence-corrected chi connectivity index (χ0v) is 9.79. The van der Waals surface area contributed by atoms with Crippen LogP contribution in [0.1, 0.15) is 0 Å². The quantitative estimate of drug-likeness (QED) is 0.607. The Bertz CT molecular complexity index is 634. The molecular formula is C12H7ClN2S. The number of hydrogen-bond acceptors (Lipinski definition) is 3. The summed E-state index contributed by atoms with van der Waals surface area (Å²) in [5.41, 5.74) is 2.05. The van der Waals surface area contributed by atoms with Gasteiger partial charge in [0, 0.05) is 22.8 Å². The van der Waals surface area contributed by atoms with Gasteiger partial charge in [0.15, 0.2) is 0 Å². The predicted octanol–water partition coefficient (Wildman–Crippen LogP) is 4.01. The number of thiophene rings is 1. The van der Waals surface area contributed by atoms with Crippen LogP contribution >= 0.6 is 22.9 Å². The van der Waals surface area contributed by atoms with E-state index in [1.165, 1.54) is 0 Å². The van der Waals surface area contributed by atoms with Crippen LogP contribution in [0.4, 0.5) is 0 Å². The molecule has 0 radical (unpaired) electrons. The van der Waals surface area contributed by atoms with E-state index >= 15 is 0 Å². The van der Waals surface area contributed by atoms with E-state index in [0.717, 1.165) is 20.7 Å². The smallest absolute Gasteiger partial charge is 0.129 e. The first kappa shape index (κ1) is 9.75. The third-order valence-corrected chi connectivity index (χ3v) is 3.63. The van der Waals surface area contributed by atoms with Crippen LogP contribution < -0.4 is 0 Å². The molecule has 2 nitrogen and oxygen atoms in total. The van der Waals surface area contributed by atoms with Crippen molar-refractivity contribution in [1.29, 1.82) is 0 Å². The number of hydrogen-bond donors (Lipinski definition) is 0. The highest BCUT2D eigenvalue weighted by molar-refractivity contribution is 7.22. The van der Waals surface area contributed by atoms with E-state index in [1.54, 1.807) is 17.5 Å². The van der Waals surface area contributed by atoms with E-state index in [4.69, 9.17) is 11.6 Å². The first-order valence-electron chi connectivity index (χ1n) is 4.79. The molecule has 4 heteroatoms. The first-order valence-corrected chi connectivity index (χ1v) is 5.99. The Balaban J connectivity index is 2.19. The summed E-state index contributed by atoms with van der Waals surface area (Å²) < 4.78 is 1.14. The Hall–Kier alpha value is -1.45. The third kappa shape index (κ3) is 1.68. The van der Waals surface area contributed by atoms with Crippen molar-refractivity contribution in [1.82, 2.24) is 9.97 Å². The van der Waals surface area contributed by atoms with Gasteiger partial charge in [-0.2, -0.15) is 0 Å². The molecular weight excluding hydrogens is 240 g/mol. The van der Waals surface area contributed by atoms with Crippen LogP contribution in [0.15, 0.2) is 42.7 Å². The predicted molar refractivity (Wildman–Crippen MR) is 67.9 cm³/mol. The Morgan fingerprint density at radius 2 is 2.12 bits per heavy atom. The average molecular weight is 247 g/mol. The van der Waals surface area contributed by atoms with Gasteiger partial charge in [-0.25, -0.2) is 4.98 Å². The Morgan fingerprint density at radius 1 is 1.19 bits per heavy atom. The second-order valence-electron chi connectivity index (χ2n) is 3.37. The second kappa shape index (κ2) is 3.85. The summed E-state index contributed by atoms with van der Waals surface area (Å²) in [5.74, 6) is 0. The lowest BCUT2D eigenvalue weighted by Gasteiger charge is -1.92. The summed E-state index contributed by atoms with van der Waals surface area (Å²) in [6, 6.07) is 9.82. The summed E-state index contributed by atoms with van der Waals surface area (Å²) in [6.07, 6.45) is 3.62. The lowest BCUT2D eigenvalue weighted by atomic mass is 10.2. The largest absolute Gasteiger partial charge is 0.264 e. The lowest BCUT2D eigenvalue weighted by Crippen LogP contribution is -1.73. The number of fused-ring (bicyclic) bond motifs is 1. The van der Waals surface area contributed by atoms with Crippen LogP contribution in [-0.4, -0.2) is 9.97 Å². The fourth-order valence-corrected chi connectivity index (χ4v) is 2.70. The van der Waals surface area contributed by atoms with Gasteiger partial charge in [0.1, 0.15) is 5.15 Å². The van der Waals surface area contributed by atoms with Gasteiger partial charge in [0.25, 0.3) is 0 Å². The SMILES string of the molecule is Clc1ccc2sc(-c3cccnc3)cc2n1. The van der Waals surface area contributed by atoms with Gasteiger partial charge < -0.3 is 0 Å². The standard InChI is InChI=1S/C12H7ClN2S/c13-12-4-3-10-9(15-12)6-11(16-10)8-2-1-5-14-7-8/h1-7H. The van der Waals surface area contributed by atoms with Gasteiger partial charge in [-0.05, 0) is 24.3 Å². The van der Waals surface area contributed by atoms with Crippen molar-refractivity contribution in [3.8, 4) is 10.4 Å². The fraction of sp³-hybridized carbons (Fsp3) is 0. The van der Waals surface area contributed by atoms with Crippen LogP contribution in [0.3, 0.4) is 0 Å². The van der Waals surface area contributed by atoms with E-state index in [0.29, 0.717) is 5.15 Å². The first-order chi connectivity index (χ1) is 7.83. The van der Waals surface area contributed by atoms with Gasteiger partial charge in [0.2, 0.25) is 0 Å². The minimum atomic E-state index is 0.531. The number of halogens is 1. The molecule has 3 aromatic heterocycles. The van der Waals surface area contributed by atoms with Crippen molar-refractivity contribution < 1.29 is 0 Å². The molecule has 0 atom stereocenters. The van der Waals surface area contributed by atoms with E-state index < -0.39 is 0 Å². The molecule has 0 fully saturated rings. The number of aromatic nitrogens is 2. The summed E-state index contributed by atoms with van der Waals surface area (Å²) in [7, 11) is 0. The van der Waals surface area contributed by atoms with Crippen LogP contribution in [-0.2, 0) is 0 Å². The van der Waals surface area contributed by atoms with E-state index in [1.807, 2.05) is 36.5 Å². The molecule has 16 heavy (non-hydrogen) atoms. The van der Waals surface area contributed by atoms with Crippen LogP contribution in [0.2, 0.25) is 5.15 Å². The average Bonchev–Trinajstić information content (AvgIpc) is 2.73. The highest BCUT2D eigenvalue weighted by atomic mass is 35.5. The normalized spacial score (nSPS) is 10.8. The van der Waals surface area contributed by atoms with Crippen molar-refractivity contribution >= 4 is 33.2 Å². The molecule has 0 bridgehead atoms. The van der Waals surface area contributed by atoms with E-state index in [9.17, 15) is 0 Å². The van der Waals surface area contributed by atoms with Gasteiger partial charge in [-0.15, -0.1) is 11.3 Å². The third-order valence-electron chi connectivity index (χ3n) is 2.29. The maximum Gasteiger partial charge on any atom is 0.129 e. The molecule has 3 heterocycles. The second-order valence-corrected chi connectivity index (χ2v) is 4.84. The van der Waals surface area contributed by atoms with Crippen molar-refractivity contribution in [2.45, 2.75) is 0 Å². The topological polar surface area (TPSA) is 25.8 Å². The molecule has 0 aromatic carbocycles. The molecule has 0 N–H and O–H groups in total. The van der Waals surface area contributed by atoms with Crippen molar-refractivity contribution in [3.05, 3.63) is 47.9 Å². The lowest BCUT2D eigenvalue weighted by molar-refractivity contribution is 1.33. The summed E-state index contributed by atoms with van der Waals surface area (Å²) in [5, 5.41) is 0.531. The van der Waals surface area contributed by atoms with Crippen molar-refractivity contribution in [2.24, 2.45) is 0 Å². The van der Waals surface area contributed by atoms with Gasteiger partial charge in [0.05, 0.1) is 10.2 Å². The van der Waals surface area contributed by atoms with Gasteiger partial charge >= 0.3 is 0 Å². The molecule has 0 saturated carbocycles. The van der Waals surface area contributed by atoms with Crippen LogP contribution in [0.25, 0.3) is 20.7 Å². The number of pyridine rings is 2. The van der Waals surface area contributed by atoms with Crippen molar-refractivity contribution in [3.63, 3.8) is 0 Å². The molecule has 0 aliphatic rings. The van der Waals surface area contributed by atoms with Crippen molar-refractivity contribution in [2.75, 3.05) is 0 Å². The summed E-state index contributed by atoms with van der Waals surface area (Å²) in [6.45, 7) is 0. The molecule has 78 valence electrons. The molecule has 0 amide bonds. The number of nitrogens with zero attached hydrogens (tertiary/aromatic N) is 2. The Morgan fingerprint density at radius 3 is 2.94 bits per heavy atom. The molecule has 0 saturated heterocycles. The monoisotopic (exact) mass is 246 g/mol. The minimum Gasteiger partial charge on any atom is -0.264 e. The molecule has 3 aromatic rings. The number of rotatable bonds is 1. The van der Waals surface area contributed by atoms with Gasteiger partial charge in [-0.1, -0.05) is 17.7 Å². The molecule has 3 rings (SSSR count). The Labute approximate surface area is 102 Å².